The number of amides is 1. The summed E-state index contributed by atoms with van der Waals surface area (Å²) in [6.07, 6.45) is 1.47. The lowest BCUT2D eigenvalue weighted by atomic mass is 10.2. The Kier molecular flexibility index (Phi) is 8.47. The third-order valence-corrected chi connectivity index (χ3v) is 4.12. The zero-order valence-electron chi connectivity index (χ0n) is 16.2. The molecule has 0 saturated carbocycles. The molecule has 0 aliphatic heterocycles. The minimum Gasteiger partial charge on any atom is -0.496 e. The molecular formula is C20H21BrN2O6. The number of carbonyl (C=O) groups is 2. The van der Waals surface area contributed by atoms with Crippen LogP contribution in [0.4, 0.5) is 0 Å². The zero-order chi connectivity index (χ0) is 21.2. The first-order chi connectivity index (χ1) is 14.0. The topological polar surface area (TPSA) is 95.5 Å². The lowest BCUT2D eigenvalue weighted by molar-refractivity contribution is -0.142. The predicted octanol–water partition coefficient (Wildman–Crippen LogP) is 3.17. The first-order valence-corrected chi connectivity index (χ1v) is 9.41. The molecule has 0 radical (unpaired) electrons. The van der Waals surface area contributed by atoms with Gasteiger partial charge in [-0.25, -0.2) is 10.2 Å². The summed E-state index contributed by atoms with van der Waals surface area (Å²) in [7, 11) is 2.77. The predicted molar refractivity (Wildman–Crippen MR) is 111 cm³/mol. The molecule has 0 atom stereocenters. The van der Waals surface area contributed by atoms with E-state index >= 15 is 0 Å². The van der Waals surface area contributed by atoms with Crippen LogP contribution in [-0.4, -0.2) is 45.5 Å². The van der Waals surface area contributed by atoms with Gasteiger partial charge in [-0.05, 0) is 48.9 Å². The fraction of sp³-hybridized carbons (Fsp3) is 0.250. The van der Waals surface area contributed by atoms with Crippen LogP contribution in [0.15, 0.2) is 46.0 Å². The number of carbonyl (C=O) groups excluding carboxylic acids is 2. The second-order valence-electron chi connectivity index (χ2n) is 5.55. The number of methoxy groups -OCH3 is 2. The van der Waals surface area contributed by atoms with Crippen molar-refractivity contribution >= 4 is 34.0 Å². The molecule has 2 aromatic rings. The van der Waals surface area contributed by atoms with Crippen LogP contribution in [-0.2, 0) is 9.53 Å². The number of ether oxygens (including phenoxy) is 4. The van der Waals surface area contributed by atoms with Crippen LogP contribution in [0.5, 0.6) is 17.2 Å². The van der Waals surface area contributed by atoms with E-state index in [4.69, 9.17) is 14.2 Å². The minimum absolute atomic E-state index is 0.228. The molecule has 1 amide bonds. The monoisotopic (exact) mass is 464 g/mol. The Labute approximate surface area is 176 Å². The van der Waals surface area contributed by atoms with E-state index in [0.29, 0.717) is 35.0 Å². The van der Waals surface area contributed by atoms with Gasteiger partial charge in [0.15, 0.2) is 18.1 Å². The van der Waals surface area contributed by atoms with E-state index in [2.05, 4.69) is 31.2 Å². The minimum atomic E-state index is -0.497. The number of rotatable bonds is 9. The van der Waals surface area contributed by atoms with Crippen molar-refractivity contribution in [3.63, 3.8) is 0 Å². The summed E-state index contributed by atoms with van der Waals surface area (Å²) < 4.78 is 21.4. The van der Waals surface area contributed by atoms with Crippen LogP contribution in [0.2, 0.25) is 0 Å². The second-order valence-corrected chi connectivity index (χ2v) is 6.46. The molecule has 0 aromatic heterocycles. The van der Waals surface area contributed by atoms with Gasteiger partial charge in [0.2, 0.25) is 0 Å². The second kappa shape index (κ2) is 11.1. The first-order valence-electron chi connectivity index (χ1n) is 8.61. The third-order valence-electron chi connectivity index (χ3n) is 3.63. The van der Waals surface area contributed by atoms with Crippen LogP contribution in [0, 0.1) is 0 Å². The Bertz CT molecular complexity index is 901. The third kappa shape index (κ3) is 6.49. The van der Waals surface area contributed by atoms with E-state index in [1.54, 1.807) is 36.4 Å². The molecule has 154 valence electrons. The van der Waals surface area contributed by atoms with E-state index in [-0.39, 0.29) is 6.61 Å². The highest BCUT2D eigenvalue weighted by molar-refractivity contribution is 9.10. The van der Waals surface area contributed by atoms with Gasteiger partial charge in [-0.15, -0.1) is 0 Å². The highest BCUT2D eigenvalue weighted by Gasteiger charge is 2.12. The van der Waals surface area contributed by atoms with Crippen molar-refractivity contribution in [3.8, 4) is 17.2 Å². The number of nitrogens with one attached hydrogen (secondary N) is 1. The summed E-state index contributed by atoms with van der Waals surface area (Å²) in [4.78, 5) is 23.6. The average molecular weight is 465 g/mol. The zero-order valence-corrected chi connectivity index (χ0v) is 17.8. The summed E-state index contributed by atoms with van der Waals surface area (Å²) >= 11 is 3.33. The summed E-state index contributed by atoms with van der Waals surface area (Å²) in [5.41, 5.74) is 3.47. The summed E-state index contributed by atoms with van der Waals surface area (Å²) in [5, 5.41) is 3.98. The normalized spacial score (nSPS) is 10.5. The molecule has 8 nitrogen and oxygen atoms in total. The Balaban J connectivity index is 2.10. The molecular weight excluding hydrogens is 444 g/mol. The number of hydrazone groups is 1. The number of hydrogen-bond donors (Lipinski definition) is 1. The van der Waals surface area contributed by atoms with Crippen molar-refractivity contribution in [2.24, 2.45) is 5.10 Å². The lowest BCUT2D eigenvalue weighted by Crippen LogP contribution is -2.18. The number of esters is 1. The first kappa shape index (κ1) is 22.2. The van der Waals surface area contributed by atoms with Gasteiger partial charge in [-0.2, -0.15) is 5.10 Å². The lowest BCUT2D eigenvalue weighted by Gasteiger charge is -2.11. The SMILES string of the molecule is CCOc1cc(/C=N\NC(=O)c2cc(Br)ccc2OC)ccc1OCC(=O)OC. The fourth-order valence-corrected chi connectivity index (χ4v) is 2.63. The largest absolute Gasteiger partial charge is 0.496 e. The van der Waals surface area contributed by atoms with Crippen molar-refractivity contribution in [2.45, 2.75) is 6.92 Å². The van der Waals surface area contributed by atoms with Crippen molar-refractivity contribution in [3.05, 3.63) is 52.0 Å². The van der Waals surface area contributed by atoms with Crippen molar-refractivity contribution < 1.29 is 28.5 Å². The van der Waals surface area contributed by atoms with Crippen LogP contribution < -0.4 is 19.6 Å². The molecule has 0 saturated heterocycles. The Morgan fingerprint density at radius 3 is 2.52 bits per heavy atom. The maximum absolute atomic E-state index is 12.4. The number of halogens is 1. The molecule has 2 aromatic carbocycles. The molecule has 0 fully saturated rings. The Morgan fingerprint density at radius 2 is 1.83 bits per heavy atom. The molecule has 0 unspecified atom stereocenters. The number of nitrogens with zero attached hydrogens (tertiary/aromatic N) is 1. The standard InChI is InChI=1S/C20H21BrN2O6/c1-4-28-18-9-13(5-7-17(18)29-12-19(24)27-3)11-22-23-20(25)15-10-14(21)6-8-16(15)26-2/h5-11H,4,12H2,1-3H3,(H,23,25)/b22-11-. The maximum atomic E-state index is 12.4. The molecule has 0 heterocycles. The van der Waals surface area contributed by atoms with E-state index in [1.165, 1.54) is 20.4 Å². The number of benzene rings is 2. The maximum Gasteiger partial charge on any atom is 0.343 e. The highest BCUT2D eigenvalue weighted by Crippen LogP contribution is 2.28. The fourth-order valence-electron chi connectivity index (χ4n) is 2.27. The van der Waals surface area contributed by atoms with Gasteiger partial charge >= 0.3 is 5.97 Å². The van der Waals surface area contributed by atoms with Gasteiger partial charge in [0.25, 0.3) is 5.91 Å². The van der Waals surface area contributed by atoms with E-state index < -0.39 is 11.9 Å². The molecule has 9 heteroatoms. The van der Waals surface area contributed by atoms with Crippen LogP contribution in [0.25, 0.3) is 0 Å². The van der Waals surface area contributed by atoms with Gasteiger partial charge in [-0.3, -0.25) is 4.79 Å². The summed E-state index contributed by atoms with van der Waals surface area (Å²) in [6.45, 7) is 2.01. The van der Waals surface area contributed by atoms with Gasteiger partial charge in [0.05, 0.1) is 32.6 Å². The van der Waals surface area contributed by atoms with Gasteiger partial charge < -0.3 is 18.9 Å². The quantitative estimate of drug-likeness (QED) is 0.347. The number of hydrogen-bond acceptors (Lipinski definition) is 7. The van der Waals surface area contributed by atoms with Gasteiger partial charge in [0.1, 0.15) is 5.75 Å². The summed E-state index contributed by atoms with van der Waals surface area (Å²) in [6, 6.07) is 10.1. The van der Waals surface area contributed by atoms with Crippen LogP contribution >= 0.6 is 15.9 Å². The van der Waals surface area contributed by atoms with E-state index in [0.717, 1.165) is 4.47 Å². The Morgan fingerprint density at radius 1 is 1.07 bits per heavy atom. The van der Waals surface area contributed by atoms with Crippen molar-refractivity contribution in [1.29, 1.82) is 0 Å². The average Bonchev–Trinajstić information content (AvgIpc) is 2.73. The molecule has 1 N–H and O–H groups in total. The summed E-state index contributed by atoms with van der Waals surface area (Å²) in [5.74, 6) is 0.371. The smallest absolute Gasteiger partial charge is 0.343 e. The highest BCUT2D eigenvalue weighted by atomic mass is 79.9. The Hall–Kier alpha value is -3.07. The molecule has 29 heavy (non-hydrogen) atoms. The molecule has 0 aliphatic carbocycles. The van der Waals surface area contributed by atoms with Gasteiger partial charge in [-0.1, -0.05) is 15.9 Å². The van der Waals surface area contributed by atoms with Crippen LogP contribution in [0.3, 0.4) is 0 Å². The molecule has 2 rings (SSSR count). The van der Waals surface area contributed by atoms with E-state index in [1.807, 2.05) is 6.92 Å². The van der Waals surface area contributed by atoms with Gasteiger partial charge in [0, 0.05) is 4.47 Å². The van der Waals surface area contributed by atoms with Crippen molar-refractivity contribution in [1.82, 2.24) is 5.43 Å². The van der Waals surface area contributed by atoms with E-state index in [9.17, 15) is 9.59 Å². The molecule has 0 bridgehead atoms. The van der Waals surface area contributed by atoms with Crippen molar-refractivity contribution in [2.75, 3.05) is 27.4 Å². The molecule has 0 spiro atoms. The van der Waals surface area contributed by atoms with Crippen LogP contribution in [0.1, 0.15) is 22.8 Å². The molecule has 0 aliphatic rings.